The summed E-state index contributed by atoms with van der Waals surface area (Å²) in [5.41, 5.74) is -0.0818. The van der Waals surface area contributed by atoms with Gasteiger partial charge in [-0.15, -0.1) is 0 Å². The number of amides is 1. The van der Waals surface area contributed by atoms with Crippen molar-refractivity contribution < 1.29 is 28.4 Å². The highest BCUT2D eigenvalue weighted by Crippen LogP contribution is 2.00. The van der Waals surface area contributed by atoms with Crippen molar-refractivity contribution >= 4 is 11.9 Å². The second-order valence-corrected chi connectivity index (χ2v) is 2.75. The van der Waals surface area contributed by atoms with Crippen LogP contribution in [0.15, 0.2) is 30.3 Å². The zero-order valence-corrected chi connectivity index (χ0v) is 8.65. The molecule has 2 N–H and O–H groups in total. The number of carboxylic acids is 1. The summed E-state index contributed by atoms with van der Waals surface area (Å²) in [4.78, 5) is 23.1. The van der Waals surface area contributed by atoms with Crippen molar-refractivity contribution in [2.24, 2.45) is 0 Å². The molecule has 1 rings (SSSR count). The van der Waals surface area contributed by atoms with Crippen molar-refractivity contribution in [3.8, 4) is 0 Å². The summed E-state index contributed by atoms with van der Waals surface area (Å²) in [7, 11) is 0. The minimum atomic E-state index is -4.00. The highest BCUT2D eigenvalue weighted by atomic mass is 16.4. The zero-order chi connectivity index (χ0) is 21.5. The molecule has 0 saturated carbocycles. The summed E-state index contributed by atoms with van der Waals surface area (Å²) in [6.07, 6.45) is -15.8. The van der Waals surface area contributed by atoms with Crippen LogP contribution in [0.5, 0.6) is 0 Å². The predicted octanol–water partition coefficient (Wildman–Crippen LogP) is 2.06. The lowest BCUT2D eigenvalue weighted by atomic mass is 10.2. The summed E-state index contributed by atoms with van der Waals surface area (Å²) in [5.74, 6) is -3.51. The highest BCUT2D eigenvalue weighted by molar-refractivity contribution is 5.94. The smallest absolute Gasteiger partial charge is 0.303 e. The van der Waals surface area contributed by atoms with E-state index in [-0.39, 0.29) is 5.56 Å². The van der Waals surface area contributed by atoms with Crippen LogP contribution >= 0.6 is 0 Å². The lowest BCUT2D eigenvalue weighted by Crippen LogP contribution is -2.24. The maximum absolute atomic E-state index is 12.1. The largest absolute Gasteiger partial charge is 0.481 e. The number of benzene rings is 1. The summed E-state index contributed by atoms with van der Waals surface area (Å²) in [5, 5.41) is 10.4. The summed E-state index contributed by atoms with van der Waals surface area (Å²) < 4.78 is 76.1. The van der Waals surface area contributed by atoms with Crippen LogP contribution in [0.4, 0.5) is 0 Å². The first-order valence-corrected chi connectivity index (χ1v) is 4.54. The van der Waals surface area contributed by atoms with Crippen molar-refractivity contribution in [1.82, 2.24) is 5.32 Å². The van der Waals surface area contributed by atoms with Gasteiger partial charge in [-0.1, -0.05) is 24.6 Å². The van der Waals surface area contributed by atoms with Gasteiger partial charge in [-0.3, -0.25) is 9.59 Å². The predicted molar refractivity (Wildman–Crippen MR) is 64.9 cm³/mol. The molecular weight excluding hydrogens is 218 g/mol. The van der Waals surface area contributed by atoms with Crippen molar-refractivity contribution in [3.63, 3.8) is 0 Å². The van der Waals surface area contributed by atoms with Crippen molar-refractivity contribution in [2.75, 3.05) is 6.50 Å². The Kier molecular flexibility index (Phi) is 2.10. The second-order valence-electron chi connectivity index (χ2n) is 2.75. The van der Waals surface area contributed by atoms with Gasteiger partial charge in [-0.2, -0.15) is 0 Å². The fraction of sp³-hybridized carbons (Fsp3) is 0.385. The van der Waals surface area contributed by atoms with Gasteiger partial charge in [0.05, 0.1) is 0 Å². The zero-order valence-electron chi connectivity index (χ0n) is 18.7. The fourth-order valence-electron chi connectivity index (χ4n) is 0.897. The van der Waals surface area contributed by atoms with Gasteiger partial charge in [0, 0.05) is 32.1 Å². The SMILES string of the molecule is [2H]C([2H])(NC(=O)c1ccccc1)C([2H])([2H])C([2H])([2H])C([2H])([2H])C([2H])([2H])C(=O)O. The second kappa shape index (κ2) is 7.44. The van der Waals surface area contributed by atoms with Crippen LogP contribution in [0, 0.1) is 0 Å². The Hall–Kier alpha value is -1.84. The lowest BCUT2D eigenvalue weighted by Gasteiger charge is -2.04. The van der Waals surface area contributed by atoms with Crippen LogP contribution < -0.4 is 5.32 Å². The molecule has 1 amide bonds. The molecule has 0 fully saturated rings. The molecule has 0 heterocycles. The Labute approximate surface area is 115 Å². The summed E-state index contributed by atoms with van der Waals surface area (Å²) in [6.45, 7) is -3.52. The Bertz CT molecular complexity index is 720. The van der Waals surface area contributed by atoms with E-state index < -0.39 is 43.9 Å². The molecule has 0 unspecified atom stereocenters. The molecule has 0 spiro atoms. The van der Waals surface area contributed by atoms with E-state index in [1.165, 1.54) is 24.3 Å². The fourth-order valence-corrected chi connectivity index (χ4v) is 0.897. The molecule has 0 aliphatic heterocycles. The quantitative estimate of drug-likeness (QED) is 0.772. The Morgan fingerprint density at radius 2 is 1.88 bits per heavy atom. The third-order valence-electron chi connectivity index (χ3n) is 1.57. The Balaban J connectivity index is 3.32. The molecule has 0 radical (unpaired) electrons. The van der Waals surface area contributed by atoms with Gasteiger partial charge in [-0.25, -0.2) is 0 Å². The molecule has 0 aromatic heterocycles. The van der Waals surface area contributed by atoms with E-state index in [1.807, 2.05) is 0 Å². The molecule has 1 aromatic carbocycles. The number of hydrogen-bond acceptors (Lipinski definition) is 2. The van der Waals surface area contributed by atoms with E-state index in [0.717, 1.165) is 0 Å². The highest BCUT2D eigenvalue weighted by Gasteiger charge is 2.02. The molecule has 17 heavy (non-hydrogen) atoms. The first kappa shape index (κ1) is 4.80. The normalized spacial score (nSPS) is 22.8. The average Bonchev–Trinajstić information content (AvgIpc) is 2.54. The number of aliphatic carboxylic acids is 1. The van der Waals surface area contributed by atoms with Gasteiger partial charge in [0.2, 0.25) is 0 Å². The van der Waals surface area contributed by atoms with E-state index >= 15 is 0 Å². The number of carbonyl (C=O) groups excluding carboxylic acids is 1. The molecule has 1 aromatic rings. The molecule has 0 atom stereocenters. The van der Waals surface area contributed by atoms with Crippen LogP contribution in [0.2, 0.25) is 0 Å². The lowest BCUT2D eigenvalue weighted by molar-refractivity contribution is -0.137. The number of hydrogen-bond donors (Lipinski definition) is 2. The van der Waals surface area contributed by atoms with Gasteiger partial charge in [0.15, 0.2) is 0 Å². The summed E-state index contributed by atoms with van der Waals surface area (Å²) >= 11 is 0. The number of nitrogens with one attached hydrogen (secondary N) is 1. The van der Waals surface area contributed by atoms with Gasteiger partial charge < -0.3 is 10.4 Å². The monoisotopic (exact) mass is 245 g/mol. The molecule has 4 nitrogen and oxygen atoms in total. The summed E-state index contributed by atoms with van der Waals surface area (Å²) in [6, 6.07) is 7.00. The van der Waals surface area contributed by atoms with Crippen molar-refractivity contribution in [3.05, 3.63) is 35.9 Å². The molecule has 0 aliphatic rings. The number of carboxylic acid groups (broad SMARTS) is 1. The third-order valence-corrected chi connectivity index (χ3v) is 1.57. The Morgan fingerprint density at radius 3 is 2.53 bits per heavy atom. The number of carbonyl (C=O) groups is 2. The average molecular weight is 245 g/mol. The number of rotatable bonds is 7. The molecule has 4 heteroatoms. The first-order valence-electron chi connectivity index (χ1n) is 9.54. The first-order chi connectivity index (χ1) is 11.9. The van der Waals surface area contributed by atoms with Crippen molar-refractivity contribution in [2.45, 2.75) is 25.5 Å². The Morgan fingerprint density at radius 1 is 1.18 bits per heavy atom. The van der Waals surface area contributed by atoms with Crippen LogP contribution in [-0.4, -0.2) is 23.5 Å². The van der Waals surface area contributed by atoms with Crippen LogP contribution in [0.25, 0.3) is 0 Å². The van der Waals surface area contributed by atoms with Crippen LogP contribution in [0.1, 0.15) is 49.6 Å². The van der Waals surface area contributed by atoms with E-state index in [1.54, 1.807) is 11.4 Å². The topological polar surface area (TPSA) is 66.4 Å². The molecule has 92 valence electrons. The van der Waals surface area contributed by atoms with E-state index in [2.05, 4.69) is 0 Å². The third kappa shape index (κ3) is 5.70. The van der Waals surface area contributed by atoms with Gasteiger partial charge >= 0.3 is 5.97 Å². The van der Waals surface area contributed by atoms with Gasteiger partial charge in [-0.05, 0) is 24.9 Å². The van der Waals surface area contributed by atoms with Gasteiger partial charge in [0.1, 0.15) is 0 Å². The maximum atomic E-state index is 12.1. The van der Waals surface area contributed by atoms with E-state index in [0.29, 0.717) is 0 Å². The molecular formula is C13H17NO3. The van der Waals surface area contributed by atoms with Gasteiger partial charge in [0.25, 0.3) is 5.91 Å². The standard InChI is InChI=1S/C13H17NO3/c15-12(16)9-5-2-6-10-14-13(17)11-7-3-1-4-8-11/h1,3-4,7-8H,2,5-6,9-10H2,(H,14,17)(H,15,16)/i2D2,5D2,6D2,9D2,10D2. The minimum absolute atomic E-state index is 0.0818. The van der Waals surface area contributed by atoms with E-state index in [9.17, 15) is 9.59 Å². The molecule has 0 bridgehead atoms. The van der Waals surface area contributed by atoms with E-state index in [4.69, 9.17) is 18.8 Å². The molecule has 0 saturated heterocycles. The van der Waals surface area contributed by atoms with Crippen molar-refractivity contribution in [1.29, 1.82) is 0 Å². The molecule has 0 aliphatic carbocycles. The van der Waals surface area contributed by atoms with Crippen LogP contribution in [-0.2, 0) is 4.79 Å². The minimum Gasteiger partial charge on any atom is -0.481 e. The maximum Gasteiger partial charge on any atom is 0.303 e. The van der Waals surface area contributed by atoms with Crippen LogP contribution in [0.3, 0.4) is 0 Å².